The maximum Gasteiger partial charge on any atom is 0.397 e. The standard InChI is InChI=1S/C47H90O18S/c1-4-6-8-10-12-14-16-18-20-22-24-26-28-33(29-27-25-23-21-19-17-15-13-11-9-7-5-2)31-59-45-40(54)42(62-46-38(52)37(51)35(49)32(3)60-46)43(44(55)64-45)63-47-39(53)41(65-66(56,57)58)36(50)34(30-48)61-47/h32-55H,4-31H2,1-3H3,(H,56,57,58). The number of rotatable bonds is 36. The van der Waals surface area contributed by atoms with E-state index in [4.69, 9.17) is 28.4 Å². The van der Waals surface area contributed by atoms with E-state index in [1.807, 2.05) is 0 Å². The van der Waals surface area contributed by atoms with E-state index in [1.165, 1.54) is 122 Å². The molecule has 0 aliphatic carbocycles. The Kier molecular flexibility index (Phi) is 29.9. The Morgan fingerprint density at radius 3 is 1.36 bits per heavy atom. The molecule has 66 heavy (non-hydrogen) atoms. The number of hydrogen-bond acceptors (Lipinski definition) is 17. The second-order valence-corrected chi connectivity index (χ2v) is 20.1. The van der Waals surface area contributed by atoms with E-state index in [2.05, 4.69) is 18.0 Å². The van der Waals surface area contributed by atoms with Crippen LogP contribution in [0.2, 0.25) is 0 Å². The van der Waals surface area contributed by atoms with E-state index in [9.17, 15) is 53.8 Å². The molecule has 0 amide bonds. The molecule has 0 aromatic carbocycles. The average Bonchev–Trinajstić information content (AvgIpc) is 3.28. The maximum absolute atomic E-state index is 11.8. The highest BCUT2D eigenvalue weighted by molar-refractivity contribution is 7.80. The van der Waals surface area contributed by atoms with Gasteiger partial charge in [0.25, 0.3) is 0 Å². The van der Waals surface area contributed by atoms with Gasteiger partial charge in [-0.25, -0.2) is 4.18 Å². The van der Waals surface area contributed by atoms with E-state index in [0.29, 0.717) is 0 Å². The van der Waals surface area contributed by atoms with Crippen LogP contribution in [0.15, 0.2) is 0 Å². The van der Waals surface area contributed by atoms with Crippen molar-refractivity contribution in [1.29, 1.82) is 0 Å². The normalized spacial score (nSPS) is 33.2. The summed E-state index contributed by atoms with van der Waals surface area (Å²) in [4.78, 5) is 0. The highest BCUT2D eigenvalue weighted by Gasteiger charge is 2.55. The van der Waals surface area contributed by atoms with Crippen LogP contribution in [0.5, 0.6) is 0 Å². The summed E-state index contributed by atoms with van der Waals surface area (Å²) >= 11 is 0. The lowest BCUT2D eigenvalue weighted by atomic mass is 9.94. The van der Waals surface area contributed by atoms with E-state index in [0.717, 1.165) is 51.4 Å². The largest absolute Gasteiger partial charge is 0.397 e. The molecule has 0 bridgehead atoms. The summed E-state index contributed by atoms with van der Waals surface area (Å²) in [5.74, 6) is 0.103. The van der Waals surface area contributed by atoms with Gasteiger partial charge in [-0.3, -0.25) is 4.55 Å². The first kappa shape index (κ1) is 59.6. The Morgan fingerprint density at radius 2 is 0.909 bits per heavy atom. The number of hydrogen-bond donors (Lipinski definition) is 9. The van der Waals surface area contributed by atoms with Crippen molar-refractivity contribution in [2.75, 3.05) is 13.2 Å². The van der Waals surface area contributed by atoms with Crippen molar-refractivity contribution in [3.63, 3.8) is 0 Å². The lowest BCUT2D eigenvalue weighted by molar-refractivity contribution is -0.405. The van der Waals surface area contributed by atoms with Crippen LogP contribution >= 0.6 is 0 Å². The third kappa shape index (κ3) is 21.3. The lowest BCUT2D eigenvalue weighted by Crippen LogP contribution is -2.66. The van der Waals surface area contributed by atoms with Crippen molar-refractivity contribution < 1.29 is 86.4 Å². The molecule has 0 spiro atoms. The van der Waals surface area contributed by atoms with E-state index >= 15 is 0 Å². The third-order valence-corrected chi connectivity index (χ3v) is 13.8. The Hall–Kier alpha value is -0.690. The van der Waals surface area contributed by atoms with Crippen LogP contribution in [0.25, 0.3) is 0 Å². The number of aliphatic hydroxyl groups excluding tert-OH is 8. The number of unbranched alkanes of at least 4 members (excludes halogenated alkanes) is 22. The molecule has 18 nitrogen and oxygen atoms in total. The second kappa shape index (κ2) is 33.1. The van der Waals surface area contributed by atoms with Gasteiger partial charge >= 0.3 is 10.4 Å². The summed E-state index contributed by atoms with van der Waals surface area (Å²) in [6.45, 7) is 5.12. The quantitative estimate of drug-likeness (QED) is 0.0293. The molecule has 3 heterocycles. The highest BCUT2D eigenvalue weighted by Crippen LogP contribution is 2.34. The van der Waals surface area contributed by atoms with Crippen LogP contribution in [0.1, 0.15) is 188 Å². The lowest BCUT2D eigenvalue weighted by Gasteiger charge is -2.48. The molecular formula is C47H90O18S. The zero-order chi connectivity index (χ0) is 48.5. The van der Waals surface area contributed by atoms with Gasteiger partial charge in [0.05, 0.1) is 19.3 Å². The van der Waals surface area contributed by atoms with Crippen LogP contribution in [0.3, 0.4) is 0 Å². The fourth-order valence-electron chi connectivity index (χ4n) is 9.19. The molecule has 0 radical (unpaired) electrons. The average molecular weight is 975 g/mol. The van der Waals surface area contributed by atoms with Gasteiger partial charge in [0.15, 0.2) is 25.2 Å². The van der Waals surface area contributed by atoms with Crippen LogP contribution in [0, 0.1) is 5.92 Å². The second-order valence-electron chi connectivity index (χ2n) is 19.0. The van der Waals surface area contributed by atoms with Crippen LogP contribution < -0.4 is 0 Å². The van der Waals surface area contributed by atoms with Crippen LogP contribution in [-0.4, -0.2) is 159 Å². The molecule has 9 N–H and O–H groups in total. The van der Waals surface area contributed by atoms with Gasteiger partial charge in [0.2, 0.25) is 0 Å². The molecule has 392 valence electrons. The zero-order valence-electron chi connectivity index (χ0n) is 40.1. The summed E-state index contributed by atoms with van der Waals surface area (Å²) in [5.41, 5.74) is 0. The molecule has 3 fully saturated rings. The van der Waals surface area contributed by atoms with Crippen molar-refractivity contribution in [2.45, 2.75) is 280 Å². The molecule has 3 rings (SSSR count). The summed E-state index contributed by atoms with van der Waals surface area (Å²) in [7, 11) is -5.26. The minimum absolute atomic E-state index is 0.103. The summed E-state index contributed by atoms with van der Waals surface area (Å²) in [5, 5.41) is 86.3. The first-order valence-electron chi connectivity index (χ1n) is 25.5. The molecule has 15 unspecified atom stereocenters. The minimum atomic E-state index is -5.26. The van der Waals surface area contributed by atoms with Crippen molar-refractivity contribution in [2.24, 2.45) is 5.92 Å². The summed E-state index contributed by atoms with van der Waals surface area (Å²) in [6, 6.07) is 0. The van der Waals surface area contributed by atoms with Gasteiger partial charge in [-0.15, -0.1) is 0 Å². The Labute approximate surface area is 394 Å². The monoisotopic (exact) mass is 975 g/mol. The van der Waals surface area contributed by atoms with Gasteiger partial charge in [-0.2, -0.15) is 8.42 Å². The van der Waals surface area contributed by atoms with E-state index in [1.54, 1.807) is 0 Å². The van der Waals surface area contributed by atoms with Crippen molar-refractivity contribution in [3.8, 4) is 0 Å². The first-order valence-corrected chi connectivity index (χ1v) is 26.9. The zero-order valence-corrected chi connectivity index (χ0v) is 41.0. The number of ether oxygens (including phenoxy) is 6. The van der Waals surface area contributed by atoms with Crippen molar-refractivity contribution in [3.05, 3.63) is 0 Å². The van der Waals surface area contributed by atoms with E-state index < -0.39 is 109 Å². The van der Waals surface area contributed by atoms with Crippen molar-refractivity contribution >= 4 is 10.4 Å². The molecular weight excluding hydrogens is 885 g/mol. The topological polar surface area (TPSA) is 281 Å². The van der Waals surface area contributed by atoms with E-state index in [-0.39, 0.29) is 12.5 Å². The fraction of sp³-hybridized carbons (Fsp3) is 1.00. The fourth-order valence-corrected chi connectivity index (χ4v) is 9.70. The molecule has 0 aromatic rings. The minimum Gasteiger partial charge on any atom is -0.394 e. The molecule has 0 aromatic heterocycles. The molecule has 15 atom stereocenters. The maximum atomic E-state index is 11.8. The smallest absolute Gasteiger partial charge is 0.394 e. The SMILES string of the molecule is CCCCCCCCCCCCCCC(CCCCCCCCCCCCCC)COC1OC(O)C(OC2OC(CO)C(O)C(OS(=O)(=O)O)C2O)C(OC2OC(C)C(O)C(O)C2O)C1O. The molecule has 0 saturated carbocycles. The Balaban J connectivity index is 1.68. The van der Waals surface area contributed by atoms with Gasteiger partial charge in [-0.05, 0) is 25.7 Å². The molecule has 3 aliphatic rings. The highest BCUT2D eigenvalue weighted by atomic mass is 32.3. The first-order chi connectivity index (χ1) is 31.6. The van der Waals surface area contributed by atoms with Crippen LogP contribution in [-0.2, 0) is 43.0 Å². The van der Waals surface area contributed by atoms with Gasteiger partial charge in [0, 0.05) is 0 Å². The predicted octanol–water partition coefficient (Wildman–Crippen LogP) is 5.06. The molecule has 3 aliphatic heterocycles. The van der Waals surface area contributed by atoms with Gasteiger partial charge < -0.3 is 69.3 Å². The third-order valence-electron chi connectivity index (χ3n) is 13.4. The van der Waals surface area contributed by atoms with Crippen LogP contribution in [0.4, 0.5) is 0 Å². The summed E-state index contributed by atoms with van der Waals surface area (Å²) < 4.78 is 71.9. The summed E-state index contributed by atoms with van der Waals surface area (Å²) in [6.07, 6.45) is 4.63. The molecule has 19 heteroatoms. The predicted molar refractivity (Wildman–Crippen MR) is 244 cm³/mol. The van der Waals surface area contributed by atoms with Gasteiger partial charge in [0.1, 0.15) is 61.0 Å². The number of aliphatic hydroxyl groups is 8. The van der Waals surface area contributed by atoms with Gasteiger partial charge in [-0.1, -0.05) is 168 Å². The van der Waals surface area contributed by atoms with Crippen molar-refractivity contribution in [1.82, 2.24) is 0 Å². The Morgan fingerprint density at radius 1 is 0.485 bits per heavy atom. The Bertz CT molecular complexity index is 1310. The molecule has 3 saturated heterocycles.